The Kier molecular flexibility index (Phi) is 4.10. The first kappa shape index (κ1) is 13.6. The van der Waals surface area contributed by atoms with Crippen LogP contribution >= 0.6 is 15.9 Å². The molecule has 0 aliphatic carbocycles. The zero-order valence-corrected chi connectivity index (χ0v) is 11.3. The molecule has 0 fully saturated rings. The van der Waals surface area contributed by atoms with Crippen molar-refractivity contribution < 1.29 is 9.50 Å². The first-order valence-electron chi connectivity index (χ1n) is 5.12. The Balaban J connectivity index is 3.06. The van der Waals surface area contributed by atoms with Crippen molar-refractivity contribution in [3.63, 3.8) is 0 Å². The van der Waals surface area contributed by atoms with E-state index in [0.717, 1.165) is 0 Å². The molecule has 16 heavy (non-hydrogen) atoms. The van der Waals surface area contributed by atoms with E-state index >= 15 is 0 Å². The fraction of sp³-hybridized carbons (Fsp3) is 0.500. The molecule has 0 radical (unpaired) electrons. The molecule has 0 aliphatic rings. The third-order valence-electron chi connectivity index (χ3n) is 2.57. The fourth-order valence-electron chi connectivity index (χ4n) is 1.49. The lowest BCUT2D eigenvalue weighted by Crippen LogP contribution is -2.37. The molecule has 2 nitrogen and oxygen atoms in total. The van der Waals surface area contributed by atoms with E-state index in [2.05, 4.69) is 15.9 Å². The van der Waals surface area contributed by atoms with Gasteiger partial charge < -0.3 is 10.8 Å². The van der Waals surface area contributed by atoms with Crippen molar-refractivity contribution in [2.24, 2.45) is 11.1 Å². The lowest BCUT2D eigenvalue weighted by Gasteiger charge is -2.31. The standard InChI is InChI=1S/C12H17BrFNO/c1-12(2,3)11(16)10(15)7-5-4-6-8(13)9(7)14/h4-6,10-11,16H,15H2,1-3H3/t10-,11-/m1/s1. The van der Waals surface area contributed by atoms with Gasteiger partial charge in [-0.3, -0.25) is 0 Å². The fourth-order valence-corrected chi connectivity index (χ4v) is 1.87. The van der Waals surface area contributed by atoms with E-state index in [9.17, 15) is 9.50 Å². The number of rotatable bonds is 2. The molecule has 90 valence electrons. The molecular formula is C12H17BrFNO. The van der Waals surface area contributed by atoms with Crippen molar-refractivity contribution in [2.75, 3.05) is 0 Å². The van der Waals surface area contributed by atoms with Gasteiger partial charge in [0.05, 0.1) is 16.6 Å². The maximum atomic E-state index is 13.8. The van der Waals surface area contributed by atoms with Crippen LogP contribution in [-0.4, -0.2) is 11.2 Å². The van der Waals surface area contributed by atoms with E-state index in [4.69, 9.17) is 5.73 Å². The van der Waals surface area contributed by atoms with Crippen LogP contribution in [0.15, 0.2) is 22.7 Å². The lowest BCUT2D eigenvalue weighted by atomic mass is 9.82. The molecule has 2 atom stereocenters. The quantitative estimate of drug-likeness (QED) is 0.879. The van der Waals surface area contributed by atoms with E-state index < -0.39 is 18.0 Å². The normalized spacial score (nSPS) is 15.9. The van der Waals surface area contributed by atoms with Gasteiger partial charge in [0, 0.05) is 5.56 Å². The first-order valence-corrected chi connectivity index (χ1v) is 5.92. The van der Waals surface area contributed by atoms with Gasteiger partial charge in [-0.25, -0.2) is 4.39 Å². The number of halogens is 2. The highest BCUT2D eigenvalue weighted by molar-refractivity contribution is 9.10. The minimum absolute atomic E-state index is 0.330. The number of benzene rings is 1. The zero-order valence-electron chi connectivity index (χ0n) is 9.67. The van der Waals surface area contributed by atoms with Crippen LogP contribution in [0.5, 0.6) is 0 Å². The molecule has 0 spiro atoms. The number of hydrogen-bond donors (Lipinski definition) is 2. The monoisotopic (exact) mass is 289 g/mol. The predicted octanol–water partition coefficient (Wildman–Crippen LogP) is 3.00. The van der Waals surface area contributed by atoms with Gasteiger partial charge in [-0.15, -0.1) is 0 Å². The highest BCUT2D eigenvalue weighted by atomic mass is 79.9. The summed E-state index contributed by atoms with van der Waals surface area (Å²) >= 11 is 3.10. The summed E-state index contributed by atoms with van der Waals surface area (Å²) in [5, 5.41) is 10.0. The van der Waals surface area contributed by atoms with Gasteiger partial charge in [-0.05, 0) is 27.4 Å². The van der Waals surface area contributed by atoms with Crippen LogP contribution in [0, 0.1) is 11.2 Å². The molecule has 0 aromatic heterocycles. The van der Waals surface area contributed by atoms with Gasteiger partial charge in [0.15, 0.2) is 0 Å². The third-order valence-corrected chi connectivity index (χ3v) is 3.18. The third kappa shape index (κ3) is 2.81. The van der Waals surface area contributed by atoms with Crippen LogP contribution in [-0.2, 0) is 0 Å². The zero-order chi connectivity index (χ0) is 12.5. The maximum absolute atomic E-state index is 13.8. The summed E-state index contributed by atoms with van der Waals surface area (Å²) in [5.41, 5.74) is 5.83. The van der Waals surface area contributed by atoms with Gasteiger partial charge in [0.25, 0.3) is 0 Å². The Labute approximate surface area is 104 Å². The smallest absolute Gasteiger partial charge is 0.142 e. The second-order valence-corrected chi connectivity index (χ2v) is 5.83. The second kappa shape index (κ2) is 4.82. The maximum Gasteiger partial charge on any atom is 0.142 e. The van der Waals surface area contributed by atoms with Gasteiger partial charge in [0.1, 0.15) is 5.82 Å². The Morgan fingerprint density at radius 3 is 2.44 bits per heavy atom. The van der Waals surface area contributed by atoms with Crippen molar-refractivity contribution in [1.82, 2.24) is 0 Å². The Hall–Kier alpha value is -0.450. The number of aliphatic hydroxyl groups excluding tert-OH is 1. The minimum Gasteiger partial charge on any atom is -0.391 e. The average Bonchev–Trinajstić information content (AvgIpc) is 2.18. The molecule has 0 saturated carbocycles. The molecule has 4 heteroatoms. The second-order valence-electron chi connectivity index (χ2n) is 4.98. The lowest BCUT2D eigenvalue weighted by molar-refractivity contribution is 0.0391. The van der Waals surface area contributed by atoms with Gasteiger partial charge in [0.2, 0.25) is 0 Å². The number of nitrogens with two attached hydrogens (primary N) is 1. The Bertz CT molecular complexity index is 376. The summed E-state index contributed by atoms with van der Waals surface area (Å²) in [5.74, 6) is -0.404. The van der Waals surface area contributed by atoms with E-state index in [1.165, 1.54) is 0 Å². The van der Waals surface area contributed by atoms with Crippen LogP contribution in [0.3, 0.4) is 0 Å². The van der Waals surface area contributed by atoms with E-state index in [-0.39, 0.29) is 5.41 Å². The van der Waals surface area contributed by atoms with Crippen molar-refractivity contribution in [1.29, 1.82) is 0 Å². The molecule has 0 amide bonds. The highest BCUT2D eigenvalue weighted by Gasteiger charge is 2.30. The molecule has 0 unspecified atom stereocenters. The minimum atomic E-state index is -0.795. The molecule has 1 aromatic rings. The molecule has 0 bridgehead atoms. The topological polar surface area (TPSA) is 46.2 Å². The molecule has 3 N–H and O–H groups in total. The van der Waals surface area contributed by atoms with Crippen molar-refractivity contribution >= 4 is 15.9 Å². The summed E-state index contributed by atoms with van der Waals surface area (Å²) in [6.45, 7) is 5.61. The van der Waals surface area contributed by atoms with Gasteiger partial charge >= 0.3 is 0 Å². The van der Waals surface area contributed by atoms with Crippen molar-refractivity contribution in [3.05, 3.63) is 34.1 Å². The van der Waals surface area contributed by atoms with E-state index in [1.54, 1.807) is 18.2 Å². The largest absolute Gasteiger partial charge is 0.391 e. The summed E-state index contributed by atoms with van der Waals surface area (Å²) in [4.78, 5) is 0. The summed E-state index contributed by atoms with van der Waals surface area (Å²) in [6.07, 6.45) is -0.795. The van der Waals surface area contributed by atoms with E-state index in [0.29, 0.717) is 10.0 Å². The van der Waals surface area contributed by atoms with Gasteiger partial charge in [-0.1, -0.05) is 32.9 Å². The van der Waals surface area contributed by atoms with Crippen LogP contribution in [0.25, 0.3) is 0 Å². The van der Waals surface area contributed by atoms with Crippen LogP contribution in [0.2, 0.25) is 0 Å². The molecule has 1 rings (SSSR count). The number of hydrogen-bond acceptors (Lipinski definition) is 2. The van der Waals surface area contributed by atoms with Gasteiger partial charge in [-0.2, -0.15) is 0 Å². The SMILES string of the molecule is CC(C)(C)[C@H](O)[C@H](N)c1cccc(Br)c1F. The molecular weight excluding hydrogens is 273 g/mol. The summed E-state index contributed by atoms with van der Waals surface area (Å²) in [6, 6.07) is 4.18. The molecule has 1 aromatic carbocycles. The Morgan fingerprint density at radius 2 is 1.94 bits per heavy atom. The molecule has 0 heterocycles. The highest BCUT2D eigenvalue weighted by Crippen LogP contribution is 2.31. The number of aliphatic hydroxyl groups is 1. The molecule has 0 saturated heterocycles. The predicted molar refractivity (Wildman–Crippen MR) is 66.5 cm³/mol. The van der Waals surface area contributed by atoms with Crippen molar-refractivity contribution in [2.45, 2.75) is 32.9 Å². The Morgan fingerprint density at radius 1 is 1.38 bits per heavy atom. The van der Waals surface area contributed by atoms with Crippen molar-refractivity contribution in [3.8, 4) is 0 Å². The summed E-state index contributed by atoms with van der Waals surface area (Å²) in [7, 11) is 0. The first-order chi connectivity index (χ1) is 7.25. The van der Waals surface area contributed by atoms with Crippen LogP contribution in [0.1, 0.15) is 32.4 Å². The average molecular weight is 290 g/mol. The van der Waals surface area contributed by atoms with E-state index in [1.807, 2.05) is 20.8 Å². The van der Waals surface area contributed by atoms with Crippen LogP contribution in [0.4, 0.5) is 4.39 Å². The molecule has 0 aliphatic heterocycles. The summed E-state index contributed by atoms with van der Waals surface area (Å²) < 4.78 is 14.1. The van der Waals surface area contributed by atoms with Crippen LogP contribution < -0.4 is 5.73 Å².